The van der Waals surface area contributed by atoms with E-state index in [0.29, 0.717) is 5.56 Å². The number of rotatable bonds is 3. The maximum absolute atomic E-state index is 12.3. The second kappa shape index (κ2) is 5.58. The first-order valence-electron chi connectivity index (χ1n) is 4.97. The predicted octanol–water partition coefficient (Wildman–Crippen LogP) is 3.24. The van der Waals surface area contributed by atoms with Gasteiger partial charge in [0.2, 0.25) is 11.7 Å². The van der Waals surface area contributed by atoms with Gasteiger partial charge < -0.3 is 4.74 Å². The monoisotopic (exact) mass is 370 g/mol. The Hall–Kier alpha value is -1.27. The van der Waals surface area contributed by atoms with Crippen LogP contribution in [0.1, 0.15) is 16.1 Å². The molecule has 0 saturated heterocycles. The van der Waals surface area contributed by atoms with Gasteiger partial charge >= 0.3 is 0 Å². The number of benzene rings is 1. The highest BCUT2D eigenvalue weighted by molar-refractivity contribution is 9.11. The van der Waals surface area contributed by atoms with Crippen LogP contribution in [0.25, 0.3) is 0 Å². The van der Waals surface area contributed by atoms with Crippen LogP contribution in [0.2, 0.25) is 0 Å². The Morgan fingerprint density at radius 2 is 1.72 bits per heavy atom. The average molecular weight is 372 g/mol. The van der Waals surface area contributed by atoms with Crippen molar-refractivity contribution in [2.24, 2.45) is 0 Å². The topological polar surface area (TPSA) is 52.1 Å². The van der Waals surface area contributed by atoms with E-state index in [1.807, 2.05) is 6.07 Å². The number of nitrogens with zero attached hydrogens (tertiary/aromatic N) is 2. The highest BCUT2D eigenvalue weighted by Crippen LogP contribution is 2.23. The Morgan fingerprint density at radius 3 is 2.33 bits per heavy atom. The molecule has 2 rings (SSSR count). The first kappa shape index (κ1) is 13.2. The lowest BCUT2D eigenvalue weighted by molar-refractivity contribution is 0.103. The van der Waals surface area contributed by atoms with E-state index in [2.05, 4.69) is 41.8 Å². The van der Waals surface area contributed by atoms with Gasteiger partial charge in [-0.05, 0) is 18.2 Å². The van der Waals surface area contributed by atoms with Crippen LogP contribution in [-0.2, 0) is 0 Å². The standard InChI is InChI=1S/C12H8Br2N2O2/c1-18-12-10(15-2-3-16-12)11(17)7-4-8(13)6-9(14)5-7/h2-6H,1H3. The van der Waals surface area contributed by atoms with E-state index >= 15 is 0 Å². The van der Waals surface area contributed by atoms with Crippen molar-refractivity contribution in [2.45, 2.75) is 0 Å². The summed E-state index contributed by atoms with van der Waals surface area (Å²) in [4.78, 5) is 20.3. The van der Waals surface area contributed by atoms with Gasteiger partial charge in [-0.1, -0.05) is 31.9 Å². The molecule has 0 bridgehead atoms. The summed E-state index contributed by atoms with van der Waals surface area (Å²) in [5, 5.41) is 0. The molecule has 0 atom stereocenters. The summed E-state index contributed by atoms with van der Waals surface area (Å²) in [5.41, 5.74) is 0.708. The summed E-state index contributed by atoms with van der Waals surface area (Å²) in [6.45, 7) is 0. The first-order valence-corrected chi connectivity index (χ1v) is 6.56. The van der Waals surface area contributed by atoms with E-state index in [1.54, 1.807) is 12.1 Å². The lowest BCUT2D eigenvalue weighted by atomic mass is 10.1. The Kier molecular flexibility index (Phi) is 4.08. The third kappa shape index (κ3) is 2.76. The van der Waals surface area contributed by atoms with E-state index in [4.69, 9.17) is 4.74 Å². The molecule has 0 fully saturated rings. The van der Waals surface area contributed by atoms with E-state index < -0.39 is 0 Å². The highest BCUT2D eigenvalue weighted by atomic mass is 79.9. The van der Waals surface area contributed by atoms with Gasteiger partial charge in [-0.2, -0.15) is 0 Å². The molecule has 0 radical (unpaired) electrons. The molecule has 18 heavy (non-hydrogen) atoms. The Balaban J connectivity index is 2.47. The normalized spacial score (nSPS) is 10.2. The van der Waals surface area contributed by atoms with Crippen molar-refractivity contribution in [3.8, 4) is 5.88 Å². The van der Waals surface area contributed by atoms with Crippen molar-refractivity contribution in [1.82, 2.24) is 9.97 Å². The number of hydrogen-bond acceptors (Lipinski definition) is 4. The number of carbonyl (C=O) groups is 1. The molecule has 1 aromatic carbocycles. The van der Waals surface area contributed by atoms with Gasteiger partial charge in [-0.25, -0.2) is 9.97 Å². The number of carbonyl (C=O) groups excluding carboxylic acids is 1. The fourth-order valence-electron chi connectivity index (χ4n) is 1.45. The summed E-state index contributed by atoms with van der Waals surface area (Å²) < 4.78 is 6.65. The van der Waals surface area contributed by atoms with Crippen LogP contribution in [0.4, 0.5) is 0 Å². The summed E-state index contributed by atoms with van der Waals surface area (Å²) in [6, 6.07) is 5.30. The molecule has 1 heterocycles. The minimum absolute atomic E-state index is 0.199. The van der Waals surface area contributed by atoms with Crippen LogP contribution in [-0.4, -0.2) is 22.9 Å². The number of hydrogen-bond donors (Lipinski definition) is 0. The third-order valence-corrected chi connectivity index (χ3v) is 3.11. The van der Waals surface area contributed by atoms with Gasteiger partial charge in [-0.15, -0.1) is 0 Å². The minimum atomic E-state index is -0.234. The SMILES string of the molecule is COc1nccnc1C(=O)c1cc(Br)cc(Br)c1. The molecule has 0 spiro atoms. The molecule has 6 heteroatoms. The number of methoxy groups -OCH3 is 1. The molecule has 4 nitrogen and oxygen atoms in total. The molecule has 0 aliphatic rings. The van der Waals surface area contributed by atoms with Crippen LogP contribution < -0.4 is 4.74 Å². The maximum Gasteiger partial charge on any atom is 0.243 e. The molecular weight excluding hydrogens is 364 g/mol. The molecule has 0 N–H and O–H groups in total. The van der Waals surface area contributed by atoms with Crippen molar-refractivity contribution in [1.29, 1.82) is 0 Å². The van der Waals surface area contributed by atoms with Crippen molar-refractivity contribution in [2.75, 3.05) is 7.11 Å². The van der Waals surface area contributed by atoms with Gasteiger partial charge in [0.15, 0.2) is 5.69 Å². The molecule has 0 amide bonds. The van der Waals surface area contributed by atoms with Crippen molar-refractivity contribution < 1.29 is 9.53 Å². The minimum Gasteiger partial charge on any atom is -0.479 e. The zero-order valence-electron chi connectivity index (χ0n) is 9.35. The smallest absolute Gasteiger partial charge is 0.243 e. The van der Waals surface area contributed by atoms with Crippen LogP contribution >= 0.6 is 31.9 Å². The maximum atomic E-state index is 12.3. The number of ketones is 1. The first-order chi connectivity index (χ1) is 8.61. The van der Waals surface area contributed by atoms with Gasteiger partial charge in [0, 0.05) is 26.9 Å². The van der Waals surface area contributed by atoms with Gasteiger partial charge in [0.05, 0.1) is 7.11 Å². The van der Waals surface area contributed by atoms with Crippen molar-refractivity contribution in [3.63, 3.8) is 0 Å². The zero-order chi connectivity index (χ0) is 13.1. The highest BCUT2D eigenvalue weighted by Gasteiger charge is 2.17. The van der Waals surface area contributed by atoms with E-state index in [-0.39, 0.29) is 17.4 Å². The van der Waals surface area contributed by atoms with E-state index in [1.165, 1.54) is 19.5 Å². The Morgan fingerprint density at radius 1 is 1.11 bits per heavy atom. The van der Waals surface area contributed by atoms with Gasteiger partial charge in [-0.3, -0.25) is 4.79 Å². The fraction of sp³-hybridized carbons (Fsp3) is 0.0833. The second-order valence-electron chi connectivity index (χ2n) is 3.40. The zero-order valence-corrected chi connectivity index (χ0v) is 12.5. The lowest BCUT2D eigenvalue weighted by Crippen LogP contribution is -2.07. The summed E-state index contributed by atoms with van der Waals surface area (Å²) in [5.74, 6) is -0.0134. The largest absolute Gasteiger partial charge is 0.479 e. The van der Waals surface area contributed by atoms with E-state index in [0.717, 1.165) is 8.95 Å². The molecule has 2 aromatic rings. The second-order valence-corrected chi connectivity index (χ2v) is 5.23. The fourth-order valence-corrected chi connectivity index (χ4v) is 2.75. The molecule has 0 saturated carbocycles. The van der Waals surface area contributed by atoms with Gasteiger partial charge in [0.25, 0.3) is 0 Å². The number of aromatic nitrogens is 2. The summed E-state index contributed by atoms with van der Waals surface area (Å²) in [7, 11) is 1.46. The van der Waals surface area contributed by atoms with Crippen LogP contribution in [0, 0.1) is 0 Å². The van der Waals surface area contributed by atoms with Gasteiger partial charge in [0.1, 0.15) is 0 Å². The number of halogens is 2. The molecule has 0 aliphatic carbocycles. The Bertz CT molecular complexity index is 582. The third-order valence-electron chi connectivity index (χ3n) is 2.20. The lowest BCUT2D eigenvalue weighted by Gasteiger charge is -2.05. The van der Waals surface area contributed by atoms with Crippen molar-refractivity contribution in [3.05, 3.63) is 50.8 Å². The molecule has 0 aliphatic heterocycles. The summed E-state index contributed by atoms with van der Waals surface area (Å²) >= 11 is 6.68. The van der Waals surface area contributed by atoms with Crippen LogP contribution in [0.3, 0.4) is 0 Å². The quantitative estimate of drug-likeness (QED) is 0.777. The summed E-state index contributed by atoms with van der Waals surface area (Å²) in [6.07, 6.45) is 2.94. The molecular formula is C12H8Br2N2O2. The average Bonchev–Trinajstić information content (AvgIpc) is 2.36. The van der Waals surface area contributed by atoms with Crippen LogP contribution in [0.15, 0.2) is 39.5 Å². The van der Waals surface area contributed by atoms with Crippen molar-refractivity contribution >= 4 is 37.6 Å². The molecule has 0 unspecified atom stereocenters. The number of ether oxygens (including phenoxy) is 1. The van der Waals surface area contributed by atoms with E-state index in [9.17, 15) is 4.79 Å². The Labute approximate surface area is 121 Å². The molecule has 1 aromatic heterocycles. The van der Waals surface area contributed by atoms with Crippen LogP contribution in [0.5, 0.6) is 5.88 Å². The molecule has 92 valence electrons. The predicted molar refractivity (Wildman–Crippen MR) is 73.9 cm³/mol.